The SMILES string of the molecule is CC=C[C@H]1CC[C@H](CC(F)(F)OCc2ccc([C@H]3CC[C@H](CCCCC)CC3)cc2)CC1. The Hall–Kier alpha value is -1.22. The van der Waals surface area contributed by atoms with Crippen LogP contribution in [-0.4, -0.2) is 6.11 Å². The molecule has 0 aromatic heterocycles. The van der Waals surface area contributed by atoms with Crippen molar-refractivity contribution in [2.24, 2.45) is 17.8 Å². The van der Waals surface area contributed by atoms with Crippen molar-refractivity contribution in [3.63, 3.8) is 0 Å². The topological polar surface area (TPSA) is 9.23 Å². The molecule has 2 fully saturated rings. The first-order valence-electron chi connectivity index (χ1n) is 13.2. The van der Waals surface area contributed by atoms with Gasteiger partial charge in [-0.05, 0) is 93.1 Å². The van der Waals surface area contributed by atoms with E-state index >= 15 is 0 Å². The van der Waals surface area contributed by atoms with Crippen molar-refractivity contribution in [3.8, 4) is 0 Å². The summed E-state index contributed by atoms with van der Waals surface area (Å²) < 4.78 is 33.9. The van der Waals surface area contributed by atoms with Crippen molar-refractivity contribution in [2.75, 3.05) is 0 Å². The highest BCUT2D eigenvalue weighted by Gasteiger charge is 2.35. The second-order valence-corrected chi connectivity index (χ2v) is 10.4. The molecule has 2 aliphatic carbocycles. The molecule has 0 heterocycles. The van der Waals surface area contributed by atoms with E-state index in [1.165, 1.54) is 56.9 Å². The number of allylic oxidation sites excluding steroid dienone is 2. The molecule has 0 radical (unpaired) electrons. The van der Waals surface area contributed by atoms with Crippen molar-refractivity contribution < 1.29 is 13.5 Å². The van der Waals surface area contributed by atoms with Crippen molar-refractivity contribution in [1.82, 2.24) is 0 Å². The van der Waals surface area contributed by atoms with E-state index in [2.05, 4.69) is 31.2 Å². The fourth-order valence-corrected chi connectivity index (χ4v) is 5.79. The Kier molecular flexibility index (Phi) is 10.2. The summed E-state index contributed by atoms with van der Waals surface area (Å²) in [6.07, 6.45) is 15.5. The van der Waals surface area contributed by atoms with Gasteiger partial charge in [0.25, 0.3) is 0 Å². The van der Waals surface area contributed by atoms with Crippen molar-refractivity contribution in [3.05, 3.63) is 47.5 Å². The van der Waals surface area contributed by atoms with E-state index in [1.54, 1.807) is 0 Å². The summed E-state index contributed by atoms with van der Waals surface area (Å²) in [4.78, 5) is 0. The van der Waals surface area contributed by atoms with Gasteiger partial charge in [-0.2, -0.15) is 8.78 Å². The van der Waals surface area contributed by atoms with Gasteiger partial charge in [0.05, 0.1) is 6.61 Å². The lowest BCUT2D eigenvalue weighted by Gasteiger charge is -2.29. The molecule has 0 unspecified atom stereocenters. The summed E-state index contributed by atoms with van der Waals surface area (Å²) in [7, 11) is 0. The van der Waals surface area contributed by atoms with Gasteiger partial charge in [-0.1, -0.05) is 69.0 Å². The molecule has 0 amide bonds. The minimum Gasteiger partial charge on any atom is -0.316 e. The largest absolute Gasteiger partial charge is 0.356 e. The van der Waals surface area contributed by atoms with Gasteiger partial charge in [-0.25, -0.2) is 0 Å². The Bertz CT molecular complexity index is 665. The lowest BCUT2D eigenvalue weighted by molar-refractivity contribution is -0.256. The Balaban J connectivity index is 1.39. The molecule has 1 nitrogen and oxygen atoms in total. The number of rotatable bonds is 11. The fourth-order valence-electron chi connectivity index (χ4n) is 5.79. The number of hydrogen-bond acceptors (Lipinski definition) is 1. The van der Waals surface area contributed by atoms with E-state index in [0.29, 0.717) is 11.8 Å². The van der Waals surface area contributed by atoms with Gasteiger partial charge in [0.2, 0.25) is 0 Å². The predicted molar refractivity (Wildman–Crippen MR) is 130 cm³/mol. The second-order valence-electron chi connectivity index (χ2n) is 10.4. The first kappa shape index (κ1) is 25.4. The zero-order chi connectivity index (χ0) is 22.8. The number of unbranched alkanes of at least 4 members (excludes halogenated alkanes) is 2. The summed E-state index contributed by atoms with van der Waals surface area (Å²) in [5.74, 6) is 2.18. The third-order valence-electron chi connectivity index (χ3n) is 7.85. The minimum atomic E-state index is -3.03. The Morgan fingerprint density at radius 1 is 0.906 bits per heavy atom. The zero-order valence-electron chi connectivity index (χ0n) is 20.3. The summed E-state index contributed by atoms with van der Waals surface area (Å²) in [6.45, 7) is 4.29. The molecule has 0 spiro atoms. The van der Waals surface area contributed by atoms with E-state index in [4.69, 9.17) is 4.74 Å². The molecule has 0 N–H and O–H groups in total. The molecule has 0 bridgehead atoms. The average Bonchev–Trinajstić information content (AvgIpc) is 2.80. The van der Waals surface area contributed by atoms with Crippen molar-refractivity contribution in [1.29, 1.82) is 0 Å². The molecular weight excluding hydrogens is 402 g/mol. The van der Waals surface area contributed by atoms with Crippen molar-refractivity contribution in [2.45, 2.75) is 116 Å². The lowest BCUT2D eigenvalue weighted by Crippen LogP contribution is -2.26. The molecule has 1 aromatic carbocycles. The van der Waals surface area contributed by atoms with E-state index < -0.39 is 6.11 Å². The number of halogens is 2. The van der Waals surface area contributed by atoms with Crippen LogP contribution in [0.5, 0.6) is 0 Å². The van der Waals surface area contributed by atoms with Gasteiger partial charge in [0, 0.05) is 6.42 Å². The summed E-state index contributed by atoms with van der Waals surface area (Å²) in [5.41, 5.74) is 2.21. The van der Waals surface area contributed by atoms with Gasteiger partial charge >= 0.3 is 6.11 Å². The number of alkyl halides is 2. The third kappa shape index (κ3) is 8.28. The molecule has 0 aliphatic heterocycles. The van der Waals surface area contributed by atoms with Gasteiger partial charge in [-0.3, -0.25) is 0 Å². The maximum Gasteiger partial charge on any atom is 0.356 e. The van der Waals surface area contributed by atoms with E-state index in [-0.39, 0.29) is 18.9 Å². The Morgan fingerprint density at radius 3 is 2.19 bits per heavy atom. The molecule has 0 saturated heterocycles. The Labute approximate surface area is 195 Å². The van der Waals surface area contributed by atoms with E-state index in [0.717, 1.165) is 37.2 Å². The molecule has 2 saturated carbocycles. The molecule has 3 heteroatoms. The lowest BCUT2D eigenvalue weighted by atomic mass is 9.77. The first-order valence-corrected chi connectivity index (χ1v) is 13.2. The van der Waals surface area contributed by atoms with Crippen LogP contribution in [0.1, 0.15) is 114 Å². The summed E-state index contributed by atoms with van der Waals surface area (Å²) in [6, 6.07) is 8.25. The third-order valence-corrected chi connectivity index (χ3v) is 7.85. The molecule has 1 aromatic rings. The molecule has 32 heavy (non-hydrogen) atoms. The monoisotopic (exact) mass is 446 g/mol. The van der Waals surface area contributed by atoms with Gasteiger partial charge in [-0.15, -0.1) is 0 Å². The van der Waals surface area contributed by atoms with Crippen LogP contribution in [-0.2, 0) is 11.3 Å². The second kappa shape index (κ2) is 12.9. The molecule has 3 rings (SSSR count). The van der Waals surface area contributed by atoms with Crippen LogP contribution in [0.4, 0.5) is 8.78 Å². The number of benzene rings is 1. The van der Waals surface area contributed by atoms with Gasteiger partial charge < -0.3 is 4.74 Å². The van der Waals surface area contributed by atoms with Crippen LogP contribution in [0.2, 0.25) is 0 Å². The van der Waals surface area contributed by atoms with Crippen LogP contribution in [0.15, 0.2) is 36.4 Å². The minimum absolute atomic E-state index is 0.00856. The fraction of sp³-hybridized carbons (Fsp3) is 0.724. The van der Waals surface area contributed by atoms with E-state index in [9.17, 15) is 8.78 Å². The van der Waals surface area contributed by atoms with Gasteiger partial charge in [0.1, 0.15) is 0 Å². The zero-order valence-corrected chi connectivity index (χ0v) is 20.3. The summed E-state index contributed by atoms with van der Waals surface area (Å²) in [5, 5.41) is 0. The predicted octanol–water partition coefficient (Wildman–Crippen LogP) is 9.42. The quantitative estimate of drug-likeness (QED) is 0.243. The molecular formula is C29H44F2O. The molecule has 0 atom stereocenters. The standard InChI is InChI=1S/C29H44F2O/c1-3-5-6-8-24-13-17-27(18-14-24)28-19-15-26(16-20-28)22-32-29(30,31)21-25-11-9-23(7-4-2)10-12-25/h4,7,15-16,19-20,23-25,27H,3,5-6,8-14,17-18,21-22H2,1-2H3/t23-,24-,25-,27-. The van der Waals surface area contributed by atoms with Crippen LogP contribution in [0.25, 0.3) is 0 Å². The average molecular weight is 447 g/mol. The van der Waals surface area contributed by atoms with Crippen LogP contribution >= 0.6 is 0 Å². The van der Waals surface area contributed by atoms with Gasteiger partial charge in [0.15, 0.2) is 0 Å². The Morgan fingerprint density at radius 2 is 1.56 bits per heavy atom. The molecule has 180 valence electrons. The maximum absolute atomic E-state index is 14.4. The summed E-state index contributed by atoms with van der Waals surface area (Å²) >= 11 is 0. The normalized spacial score (nSPS) is 27.1. The smallest absolute Gasteiger partial charge is 0.316 e. The van der Waals surface area contributed by atoms with Crippen LogP contribution in [0, 0.1) is 17.8 Å². The highest BCUT2D eigenvalue weighted by molar-refractivity contribution is 5.25. The van der Waals surface area contributed by atoms with Crippen LogP contribution < -0.4 is 0 Å². The molecule has 2 aliphatic rings. The number of ether oxygens (including phenoxy) is 1. The highest BCUT2D eigenvalue weighted by Crippen LogP contribution is 2.39. The maximum atomic E-state index is 14.4. The number of hydrogen-bond donors (Lipinski definition) is 0. The van der Waals surface area contributed by atoms with Crippen molar-refractivity contribution >= 4 is 0 Å². The highest BCUT2D eigenvalue weighted by atomic mass is 19.3. The van der Waals surface area contributed by atoms with E-state index in [1.807, 2.05) is 19.1 Å². The van der Waals surface area contributed by atoms with Crippen LogP contribution in [0.3, 0.4) is 0 Å². The first-order chi connectivity index (χ1) is 15.5.